The molecule has 0 unspecified atom stereocenters. The number of aryl methyl sites for hydroxylation is 1. The summed E-state index contributed by atoms with van der Waals surface area (Å²) in [6, 6.07) is 6.69. The molecule has 0 saturated heterocycles. The quantitative estimate of drug-likeness (QED) is 0.743. The van der Waals surface area contributed by atoms with E-state index in [9.17, 15) is 8.42 Å². The van der Waals surface area contributed by atoms with Crippen molar-refractivity contribution in [1.82, 2.24) is 4.72 Å². The van der Waals surface area contributed by atoms with Gasteiger partial charge in [0.1, 0.15) is 0 Å². The fraction of sp³-hybridized carbons (Fsp3) is 0.333. The van der Waals surface area contributed by atoms with Gasteiger partial charge in [0.05, 0.1) is 4.90 Å². The molecule has 0 heterocycles. The van der Waals surface area contributed by atoms with Crippen LogP contribution in [0.3, 0.4) is 0 Å². The van der Waals surface area contributed by atoms with Crippen LogP contribution in [0.25, 0.3) is 0 Å². The van der Waals surface area contributed by atoms with Crippen molar-refractivity contribution in [3.8, 4) is 0 Å². The van der Waals surface area contributed by atoms with Gasteiger partial charge in [-0.1, -0.05) is 29.8 Å². The SMILES string of the molecule is C=CCC[C@H](CC=C)NS(=O)(=O)c1ccc(C)cc1. The molecule has 0 radical (unpaired) electrons. The van der Waals surface area contributed by atoms with Crippen LogP contribution in [-0.4, -0.2) is 14.5 Å². The monoisotopic (exact) mass is 279 g/mol. The molecular weight excluding hydrogens is 258 g/mol. The molecule has 1 atom stereocenters. The van der Waals surface area contributed by atoms with Crippen LogP contribution in [0.1, 0.15) is 24.8 Å². The number of allylic oxidation sites excluding steroid dienone is 1. The lowest BCUT2D eigenvalue weighted by Crippen LogP contribution is -2.34. The van der Waals surface area contributed by atoms with Crippen LogP contribution >= 0.6 is 0 Å². The second-order valence-corrected chi connectivity index (χ2v) is 6.24. The van der Waals surface area contributed by atoms with E-state index in [1.807, 2.05) is 6.92 Å². The molecule has 1 aromatic rings. The van der Waals surface area contributed by atoms with Crippen molar-refractivity contribution in [3.05, 3.63) is 55.1 Å². The summed E-state index contributed by atoms with van der Waals surface area (Å²) in [5, 5.41) is 0. The van der Waals surface area contributed by atoms with Crippen LogP contribution < -0.4 is 4.72 Å². The van der Waals surface area contributed by atoms with Gasteiger partial charge >= 0.3 is 0 Å². The number of hydrogen-bond acceptors (Lipinski definition) is 2. The summed E-state index contributed by atoms with van der Waals surface area (Å²) in [4.78, 5) is 0.297. The Kier molecular flexibility index (Phi) is 5.99. The summed E-state index contributed by atoms with van der Waals surface area (Å²) < 4.78 is 27.2. The fourth-order valence-corrected chi connectivity index (χ4v) is 3.03. The minimum Gasteiger partial charge on any atom is -0.208 e. The summed E-state index contributed by atoms with van der Waals surface area (Å²) in [6.45, 7) is 9.24. The van der Waals surface area contributed by atoms with E-state index in [0.29, 0.717) is 11.3 Å². The van der Waals surface area contributed by atoms with Crippen LogP contribution in [0.2, 0.25) is 0 Å². The molecule has 0 aliphatic rings. The molecule has 1 N–H and O–H groups in total. The molecule has 0 aliphatic carbocycles. The normalized spacial score (nSPS) is 12.9. The topological polar surface area (TPSA) is 46.2 Å². The second-order valence-electron chi connectivity index (χ2n) is 4.52. The van der Waals surface area contributed by atoms with Gasteiger partial charge in [-0.15, -0.1) is 13.2 Å². The largest absolute Gasteiger partial charge is 0.240 e. The van der Waals surface area contributed by atoms with E-state index in [4.69, 9.17) is 0 Å². The van der Waals surface area contributed by atoms with Gasteiger partial charge in [-0.25, -0.2) is 13.1 Å². The van der Waals surface area contributed by atoms with E-state index >= 15 is 0 Å². The molecule has 1 rings (SSSR count). The minimum atomic E-state index is -3.46. The average molecular weight is 279 g/mol. The lowest BCUT2D eigenvalue weighted by molar-refractivity contribution is 0.532. The molecule has 0 aromatic heterocycles. The zero-order valence-electron chi connectivity index (χ0n) is 11.3. The molecule has 0 saturated carbocycles. The highest BCUT2D eigenvalue weighted by atomic mass is 32.2. The fourth-order valence-electron chi connectivity index (χ4n) is 1.75. The number of benzene rings is 1. The summed E-state index contributed by atoms with van der Waals surface area (Å²) in [5.41, 5.74) is 1.04. The van der Waals surface area contributed by atoms with Crippen molar-refractivity contribution < 1.29 is 8.42 Å². The third kappa shape index (κ3) is 5.01. The molecular formula is C15H21NO2S. The Hall–Kier alpha value is -1.39. The number of hydrogen-bond donors (Lipinski definition) is 1. The van der Waals surface area contributed by atoms with Gasteiger partial charge in [0.25, 0.3) is 0 Å². The van der Waals surface area contributed by atoms with Crippen molar-refractivity contribution >= 4 is 10.0 Å². The van der Waals surface area contributed by atoms with E-state index < -0.39 is 10.0 Å². The first-order chi connectivity index (χ1) is 8.99. The maximum Gasteiger partial charge on any atom is 0.240 e. The maximum atomic E-state index is 12.2. The molecule has 4 heteroatoms. The second kappa shape index (κ2) is 7.26. The van der Waals surface area contributed by atoms with Gasteiger partial charge in [-0.3, -0.25) is 0 Å². The van der Waals surface area contributed by atoms with E-state index in [1.165, 1.54) is 0 Å². The van der Waals surface area contributed by atoms with Crippen LogP contribution in [0.5, 0.6) is 0 Å². The van der Waals surface area contributed by atoms with E-state index in [1.54, 1.807) is 36.4 Å². The molecule has 0 aliphatic heterocycles. The summed E-state index contributed by atoms with van der Waals surface area (Å²) in [6.07, 6.45) is 5.62. The van der Waals surface area contributed by atoms with Crippen molar-refractivity contribution in [1.29, 1.82) is 0 Å². The molecule has 0 bridgehead atoms. The van der Waals surface area contributed by atoms with Crippen molar-refractivity contribution in [3.63, 3.8) is 0 Å². The third-order valence-electron chi connectivity index (χ3n) is 2.82. The Bertz CT molecular complexity index is 518. The molecule has 1 aromatic carbocycles. The predicted octanol–water partition coefficient (Wildman–Crippen LogP) is 3.18. The van der Waals surface area contributed by atoms with Crippen LogP contribution in [-0.2, 0) is 10.0 Å². The molecule has 19 heavy (non-hydrogen) atoms. The lowest BCUT2D eigenvalue weighted by Gasteiger charge is -2.16. The van der Waals surface area contributed by atoms with E-state index in [2.05, 4.69) is 17.9 Å². The van der Waals surface area contributed by atoms with Gasteiger partial charge < -0.3 is 0 Å². The number of nitrogens with one attached hydrogen (secondary N) is 1. The van der Waals surface area contributed by atoms with Gasteiger partial charge in [0, 0.05) is 6.04 Å². The highest BCUT2D eigenvalue weighted by Crippen LogP contribution is 2.13. The molecule has 104 valence electrons. The Morgan fingerprint density at radius 2 is 1.84 bits per heavy atom. The highest BCUT2D eigenvalue weighted by molar-refractivity contribution is 7.89. The first-order valence-corrected chi connectivity index (χ1v) is 7.78. The highest BCUT2D eigenvalue weighted by Gasteiger charge is 2.18. The molecule has 0 amide bonds. The van der Waals surface area contributed by atoms with Crippen LogP contribution in [0, 0.1) is 6.92 Å². The number of rotatable bonds is 8. The Morgan fingerprint density at radius 3 is 2.37 bits per heavy atom. The van der Waals surface area contributed by atoms with Gasteiger partial charge in [0.15, 0.2) is 0 Å². The minimum absolute atomic E-state index is 0.137. The third-order valence-corrected chi connectivity index (χ3v) is 4.36. The van der Waals surface area contributed by atoms with E-state index in [0.717, 1.165) is 18.4 Å². The Labute approximate surface area is 116 Å². The maximum absolute atomic E-state index is 12.2. The van der Waals surface area contributed by atoms with Crippen molar-refractivity contribution in [2.75, 3.05) is 0 Å². The van der Waals surface area contributed by atoms with Crippen molar-refractivity contribution in [2.24, 2.45) is 0 Å². The molecule has 3 nitrogen and oxygen atoms in total. The van der Waals surface area contributed by atoms with E-state index in [-0.39, 0.29) is 6.04 Å². The first-order valence-electron chi connectivity index (χ1n) is 6.30. The molecule has 0 fully saturated rings. The zero-order valence-corrected chi connectivity index (χ0v) is 12.1. The predicted molar refractivity (Wildman–Crippen MR) is 79.5 cm³/mol. The zero-order chi connectivity index (χ0) is 14.3. The average Bonchev–Trinajstić information content (AvgIpc) is 2.36. The van der Waals surface area contributed by atoms with Crippen molar-refractivity contribution in [2.45, 2.75) is 37.1 Å². The smallest absolute Gasteiger partial charge is 0.208 e. The summed E-state index contributed by atoms with van der Waals surface area (Å²) in [5.74, 6) is 0. The Morgan fingerprint density at radius 1 is 1.21 bits per heavy atom. The standard InChI is InChI=1S/C15H21NO2S/c1-4-6-8-14(7-5-2)16-19(17,18)15-11-9-13(3)10-12-15/h4-5,9-12,14,16H,1-2,6-8H2,3H3/t14-/m0/s1. The lowest BCUT2D eigenvalue weighted by atomic mass is 10.1. The number of sulfonamides is 1. The van der Waals surface area contributed by atoms with Gasteiger partial charge in [0.2, 0.25) is 10.0 Å². The summed E-state index contributed by atoms with van der Waals surface area (Å²) >= 11 is 0. The van der Waals surface area contributed by atoms with Gasteiger partial charge in [-0.2, -0.15) is 0 Å². The first kappa shape index (κ1) is 15.7. The summed E-state index contributed by atoms with van der Waals surface area (Å²) in [7, 11) is -3.46. The van der Waals surface area contributed by atoms with Crippen LogP contribution in [0.4, 0.5) is 0 Å². The Balaban J connectivity index is 2.83. The molecule has 0 spiro atoms. The van der Waals surface area contributed by atoms with Crippen LogP contribution in [0.15, 0.2) is 54.5 Å². The van der Waals surface area contributed by atoms with Gasteiger partial charge in [-0.05, 0) is 38.3 Å².